The molecule has 1 aliphatic heterocycles. The van der Waals surface area contributed by atoms with Crippen molar-refractivity contribution in [3.63, 3.8) is 0 Å². The van der Waals surface area contributed by atoms with E-state index in [1.807, 2.05) is 0 Å². The summed E-state index contributed by atoms with van der Waals surface area (Å²) < 4.78 is 78.6. The second-order valence-corrected chi connectivity index (χ2v) is 6.38. The van der Waals surface area contributed by atoms with Gasteiger partial charge in [0.05, 0.1) is 10.7 Å². The minimum absolute atomic E-state index is 0.0638. The summed E-state index contributed by atoms with van der Waals surface area (Å²) in [5.74, 6) is -1.73. The van der Waals surface area contributed by atoms with Crippen molar-refractivity contribution in [2.45, 2.75) is 49.8 Å². The van der Waals surface area contributed by atoms with Crippen LogP contribution >= 0.6 is 11.6 Å². The number of nitrogens with zero attached hydrogens (tertiary/aromatic N) is 4. The molecule has 0 saturated heterocycles. The highest BCUT2D eigenvalue weighted by atomic mass is 35.5. The average molecular weight is 405 g/mol. The molecule has 1 fully saturated rings. The Balaban J connectivity index is 1.92. The van der Waals surface area contributed by atoms with Crippen LogP contribution in [0.25, 0.3) is 0 Å². The Morgan fingerprint density at radius 1 is 1.31 bits per heavy atom. The molecule has 2 heterocycles. The molecule has 1 N–H and O–H groups in total. The van der Waals surface area contributed by atoms with Gasteiger partial charge in [0, 0.05) is 18.6 Å². The molecule has 26 heavy (non-hydrogen) atoms. The smallest absolute Gasteiger partial charge is 0.362 e. The topological polar surface area (TPSA) is 70.7 Å². The van der Waals surface area contributed by atoms with E-state index in [-0.39, 0.29) is 16.6 Å². The summed E-state index contributed by atoms with van der Waals surface area (Å²) in [5.41, 5.74) is -5.02. The van der Waals surface area contributed by atoms with Gasteiger partial charge in [-0.15, -0.1) is 0 Å². The normalized spacial score (nSPS) is 23.8. The molecule has 1 aliphatic carbocycles. The van der Waals surface area contributed by atoms with Crippen LogP contribution in [0.4, 0.5) is 26.3 Å². The molecule has 0 radical (unpaired) electrons. The Kier molecular flexibility index (Phi) is 4.26. The zero-order valence-electron chi connectivity index (χ0n) is 12.8. The molecule has 13 heteroatoms. The van der Waals surface area contributed by atoms with Gasteiger partial charge in [-0.25, -0.2) is 0 Å². The van der Waals surface area contributed by atoms with Crippen LogP contribution in [0, 0.1) is 0 Å². The van der Waals surface area contributed by atoms with Gasteiger partial charge < -0.3 is 5.11 Å². The first-order chi connectivity index (χ1) is 11.9. The second-order valence-electron chi connectivity index (χ2n) is 6.00. The third-order valence-electron chi connectivity index (χ3n) is 4.06. The van der Waals surface area contributed by atoms with Crippen LogP contribution in [0.3, 0.4) is 0 Å². The highest BCUT2D eigenvalue weighted by Gasteiger charge is 2.61. The molecule has 2 aliphatic rings. The summed E-state index contributed by atoms with van der Waals surface area (Å²) in [6.07, 6.45) is -9.32. The molecule has 1 aromatic rings. The van der Waals surface area contributed by atoms with Crippen LogP contribution in [0.1, 0.15) is 36.6 Å². The fourth-order valence-corrected chi connectivity index (χ4v) is 3.03. The van der Waals surface area contributed by atoms with Crippen molar-refractivity contribution in [3.8, 4) is 0 Å². The van der Waals surface area contributed by atoms with E-state index in [1.165, 1.54) is 0 Å². The molecule has 1 amide bonds. The number of hydrazone groups is 1. The predicted molar refractivity (Wildman–Crippen MR) is 75.2 cm³/mol. The number of carbonyl (C=O) groups is 1. The lowest BCUT2D eigenvalue weighted by molar-refractivity contribution is -0.302. The number of halogens is 7. The quantitative estimate of drug-likeness (QED) is 0.788. The fraction of sp³-hybridized carbons (Fsp3) is 0.615. The first-order valence-electron chi connectivity index (χ1n) is 7.34. The highest BCUT2D eigenvalue weighted by Crippen LogP contribution is 2.47. The van der Waals surface area contributed by atoms with Crippen molar-refractivity contribution in [3.05, 3.63) is 16.4 Å². The monoisotopic (exact) mass is 404 g/mol. The van der Waals surface area contributed by atoms with Crippen molar-refractivity contribution in [2.75, 3.05) is 0 Å². The van der Waals surface area contributed by atoms with Crippen molar-refractivity contribution in [1.82, 2.24) is 14.8 Å². The van der Waals surface area contributed by atoms with Gasteiger partial charge in [-0.2, -0.15) is 41.6 Å². The number of amides is 1. The van der Waals surface area contributed by atoms with E-state index in [1.54, 1.807) is 0 Å². The molecule has 1 saturated carbocycles. The molecule has 1 atom stereocenters. The van der Waals surface area contributed by atoms with Gasteiger partial charge in [-0.1, -0.05) is 11.6 Å². The fourth-order valence-electron chi connectivity index (χ4n) is 2.63. The van der Waals surface area contributed by atoms with E-state index in [9.17, 15) is 36.2 Å². The summed E-state index contributed by atoms with van der Waals surface area (Å²) in [4.78, 5) is 12.2. The Morgan fingerprint density at radius 2 is 1.92 bits per heavy atom. The minimum atomic E-state index is -5.20. The van der Waals surface area contributed by atoms with Crippen LogP contribution in [0.15, 0.2) is 5.10 Å². The summed E-state index contributed by atoms with van der Waals surface area (Å²) in [5, 5.41) is 15.3. The summed E-state index contributed by atoms with van der Waals surface area (Å²) >= 11 is 5.73. The first-order valence-corrected chi connectivity index (χ1v) is 7.72. The molecule has 1 unspecified atom stereocenters. The van der Waals surface area contributed by atoms with Crippen molar-refractivity contribution >= 4 is 23.7 Å². The Morgan fingerprint density at radius 3 is 2.42 bits per heavy atom. The number of rotatable bonds is 3. The van der Waals surface area contributed by atoms with Gasteiger partial charge in [-0.05, 0) is 12.8 Å². The summed E-state index contributed by atoms with van der Waals surface area (Å²) in [6, 6.07) is 0. The Bertz CT molecular complexity index is 770. The van der Waals surface area contributed by atoms with Crippen molar-refractivity contribution < 1.29 is 36.2 Å². The maximum absolute atomic E-state index is 13.0. The van der Waals surface area contributed by atoms with Crippen LogP contribution < -0.4 is 0 Å². The van der Waals surface area contributed by atoms with Gasteiger partial charge in [0.1, 0.15) is 6.54 Å². The third kappa shape index (κ3) is 3.04. The van der Waals surface area contributed by atoms with Gasteiger partial charge in [0.15, 0.2) is 5.69 Å². The van der Waals surface area contributed by atoms with E-state index in [0.29, 0.717) is 23.7 Å². The Hall–Kier alpha value is -1.82. The summed E-state index contributed by atoms with van der Waals surface area (Å²) in [7, 11) is 0. The van der Waals surface area contributed by atoms with Crippen LogP contribution in [-0.4, -0.2) is 43.9 Å². The number of hydrogen-bond donors (Lipinski definition) is 1. The molecule has 6 nitrogen and oxygen atoms in total. The maximum Gasteiger partial charge on any atom is 0.438 e. The van der Waals surface area contributed by atoms with Gasteiger partial charge >= 0.3 is 12.4 Å². The molecule has 144 valence electrons. The van der Waals surface area contributed by atoms with Gasteiger partial charge in [0.25, 0.3) is 11.6 Å². The van der Waals surface area contributed by atoms with Crippen molar-refractivity contribution in [2.24, 2.45) is 5.10 Å². The number of aliphatic hydroxyl groups is 1. The molecule has 0 spiro atoms. The van der Waals surface area contributed by atoms with E-state index in [2.05, 4.69) is 10.2 Å². The lowest BCUT2D eigenvalue weighted by Crippen LogP contribution is -2.57. The second kappa shape index (κ2) is 5.84. The Labute approximate surface area is 147 Å². The lowest BCUT2D eigenvalue weighted by Gasteiger charge is -2.32. The van der Waals surface area contributed by atoms with Gasteiger partial charge in [-0.3, -0.25) is 9.48 Å². The highest BCUT2D eigenvalue weighted by molar-refractivity contribution is 6.32. The van der Waals surface area contributed by atoms with Gasteiger partial charge in [0.2, 0.25) is 0 Å². The van der Waals surface area contributed by atoms with E-state index in [0.717, 1.165) is 0 Å². The SMILES string of the molecule is O=C(Cn1nc(C(F)(F)F)c(Cl)c1C1CC1)N1N=CCC1(O)C(F)(F)F. The first kappa shape index (κ1) is 19.0. The largest absolute Gasteiger partial charge is 0.438 e. The number of hydrogen-bond acceptors (Lipinski definition) is 4. The number of carbonyl (C=O) groups excluding carboxylic acids is 1. The zero-order valence-corrected chi connectivity index (χ0v) is 13.5. The molecule has 1 aromatic heterocycles. The number of aromatic nitrogens is 2. The average Bonchev–Trinajstić information content (AvgIpc) is 3.14. The van der Waals surface area contributed by atoms with Crippen LogP contribution in [0.5, 0.6) is 0 Å². The molecular weight excluding hydrogens is 394 g/mol. The molecule has 0 bridgehead atoms. The molecule has 0 aromatic carbocycles. The van der Waals surface area contributed by atoms with E-state index < -0.39 is 47.7 Å². The lowest BCUT2D eigenvalue weighted by atomic mass is 10.1. The van der Waals surface area contributed by atoms with E-state index >= 15 is 0 Å². The van der Waals surface area contributed by atoms with Crippen LogP contribution in [0.2, 0.25) is 5.02 Å². The van der Waals surface area contributed by atoms with E-state index in [4.69, 9.17) is 11.6 Å². The van der Waals surface area contributed by atoms with Crippen LogP contribution in [-0.2, 0) is 17.5 Å². The minimum Gasteiger partial charge on any atom is -0.362 e. The third-order valence-corrected chi connectivity index (χ3v) is 4.44. The zero-order chi connectivity index (χ0) is 19.5. The molecular formula is C13H11ClF6N4O2. The predicted octanol–water partition coefficient (Wildman–Crippen LogP) is 2.90. The standard InChI is InChI=1S/C13H11ClF6N4O2/c14-8-9(6-1-2-6)23(22-10(8)12(15,16)17)5-7(25)24-11(26,3-4-21-24)13(18,19)20/h4,6,26H,1-3,5H2. The summed E-state index contributed by atoms with van der Waals surface area (Å²) in [6.45, 7) is -0.975. The number of alkyl halides is 6. The molecule has 3 rings (SSSR count). The maximum atomic E-state index is 13.0. The van der Waals surface area contributed by atoms with Crippen molar-refractivity contribution in [1.29, 1.82) is 0 Å².